The summed E-state index contributed by atoms with van der Waals surface area (Å²) in [6.07, 6.45) is 1.52. The van der Waals surface area contributed by atoms with Gasteiger partial charge in [-0.05, 0) is 42.8 Å². The predicted octanol–water partition coefficient (Wildman–Crippen LogP) is 3.04. The monoisotopic (exact) mass is 387 g/mol. The van der Waals surface area contributed by atoms with Crippen molar-refractivity contribution in [2.75, 3.05) is 5.75 Å². The Labute approximate surface area is 157 Å². The number of carbonyl (C=O) groups is 2. The van der Waals surface area contributed by atoms with Gasteiger partial charge in [0.1, 0.15) is 5.82 Å². The van der Waals surface area contributed by atoms with Gasteiger partial charge in [0.25, 0.3) is 0 Å². The number of imide groups is 1. The molecule has 3 rings (SSSR count). The van der Waals surface area contributed by atoms with E-state index in [1.807, 2.05) is 0 Å². The number of halogens is 1. The van der Waals surface area contributed by atoms with E-state index in [0.29, 0.717) is 11.3 Å². The minimum Gasteiger partial charge on any atom is -0.274 e. The Bertz CT molecular complexity index is 1030. The lowest BCUT2D eigenvalue weighted by atomic mass is 9.93. The summed E-state index contributed by atoms with van der Waals surface area (Å²) < 4.78 is 38.6. The van der Waals surface area contributed by atoms with Crippen LogP contribution in [0.15, 0.2) is 65.6 Å². The molecule has 0 saturated heterocycles. The first-order valence-corrected chi connectivity index (χ1v) is 9.91. The third-order valence-electron chi connectivity index (χ3n) is 4.43. The summed E-state index contributed by atoms with van der Waals surface area (Å²) in [5.74, 6) is -2.16. The van der Waals surface area contributed by atoms with Crippen LogP contribution in [0, 0.1) is 11.2 Å². The van der Waals surface area contributed by atoms with Crippen LogP contribution in [-0.4, -0.2) is 30.9 Å². The van der Waals surface area contributed by atoms with Gasteiger partial charge in [-0.25, -0.2) is 17.7 Å². The predicted molar refractivity (Wildman–Crippen MR) is 98.5 cm³/mol. The zero-order chi connectivity index (χ0) is 19.8. The van der Waals surface area contributed by atoms with Crippen LogP contribution in [0.5, 0.6) is 0 Å². The van der Waals surface area contributed by atoms with Gasteiger partial charge in [-0.2, -0.15) is 0 Å². The first kappa shape index (κ1) is 19.0. The fourth-order valence-electron chi connectivity index (χ4n) is 3.15. The SMILES string of the molecule is CC(=O)N1C(=O)C(C)(CS(=O)(=O)c2ccc(F)cc2)C=C1c1ccccc1. The Morgan fingerprint density at radius 1 is 1.07 bits per heavy atom. The lowest BCUT2D eigenvalue weighted by Crippen LogP contribution is -2.40. The maximum absolute atomic E-state index is 13.1. The number of sulfone groups is 1. The van der Waals surface area contributed by atoms with Crippen molar-refractivity contribution < 1.29 is 22.4 Å². The van der Waals surface area contributed by atoms with Crippen LogP contribution < -0.4 is 0 Å². The number of rotatable bonds is 4. The maximum atomic E-state index is 13.1. The Morgan fingerprint density at radius 2 is 1.67 bits per heavy atom. The van der Waals surface area contributed by atoms with Crippen molar-refractivity contribution in [2.45, 2.75) is 18.7 Å². The van der Waals surface area contributed by atoms with E-state index in [0.717, 1.165) is 29.2 Å². The van der Waals surface area contributed by atoms with Crippen LogP contribution in [-0.2, 0) is 19.4 Å². The normalized spacial score (nSPS) is 19.9. The number of carbonyl (C=O) groups excluding carboxylic acids is 2. The van der Waals surface area contributed by atoms with E-state index in [1.165, 1.54) is 19.9 Å². The third-order valence-corrected chi connectivity index (χ3v) is 6.41. The summed E-state index contributed by atoms with van der Waals surface area (Å²) in [5, 5.41) is 0. The van der Waals surface area contributed by atoms with E-state index in [4.69, 9.17) is 0 Å². The summed E-state index contributed by atoms with van der Waals surface area (Å²) in [6, 6.07) is 13.3. The molecule has 2 aromatic rings. The number of hydrogen-bond donors (Lipinski definition) is 0. The van der Waals surface area contributed by atoms with Crippen molar-refractivity contribution in [3.63, 3.8) is 0 Å². The molecule has 0 spiro atoms. The average Bonchev–Trinajstić information content (AvgIpc) is 2.87. The molecule has 2 aromatic carbocycles. The van der Waals surface area contributed by atoms with Gasteiger partial charge in [-0.1, -0.05) is 30.3 Å². The molecule has 27 heavy (non-hydrogen) atoms. The van der Waals surface area contributed by atoms with Crippen LogP contribution in [0.1, 0.15) is 19.4 Å². The summed E-state index contributed by atoms with van der Waals surface area (Å²) in [5.41, 5.74) is -0.404. The van der Waals surface area contributed by atoms with Crippen molar-refractivity contribution in [3.8, 4) is 0 Å². The number of nitrogens with zero attached hydrogens (tertiary/aromatic N) is 1. The van der Waals surface area contributed by atoms with Crippen LogP contribution in [0.25, 0.3) is 5.70 Å². The van der Waals surface area contributed by atoms with E-state index in [-0.39, 0.29) is 4.90 Å². The fourth-order valence-corrected chi connectivity index (χ4v) is 4.86. The molecule has 140 valence electrons. The van der Waals surface area contributed by atoms with Crippen molar-refractivity contribution in [1.82, 2.24) is 4.90 Å². The second-order valence-corrected chi connectivity index (χ2v) is 8.68. The van der Waals surface area contributed by atoms with Gasteiger partial charge in [0.15, 0.2) is 9.84 Å². The second-order valence-electron chi connectivity index (χ2n) is 6.69. The average molecular weight is 387 g/mol. The first-order valence-electron chi connectivity index (χ1n) is 8.26. The van der Waals surface area contributed by atoms with Crippen molar-refractivity contribution >= 4 is 27.3 Å². The van der Waals surface area contributed by atoms with Gasteiger partial charge in [-0.3, -0.25) is 9.59 Å². The van der Waals surface area contributed by atoms with Crippen LogP contribution in [0.4, 0.5) is 4.39 Å². The van der Waals surface area contributed by atoms with Gasteiger partial charge in [0.05, 0.1) is 21.8 Å². The van der Waals surface area contributed by atoms with Gasteiger partial charge in [0.2, 0.25) is 11.8 Å². The lowest BCUT2D eigenvalue weighted by Gasteiger charge is -2.23. The van der Waals surface area contributed by atoms with E-state index < -0.39 is 38.6 Å². The highest BCUT2D eigenvalue weighted by molar-refractivity contribution is 7.91. The molecular formula is C20H18FNO4S. The Kier molecular flexibility index (Phi) is 4.73. The molecular weight excluding hydrogens is 369 g/mol. The Morgan fingerprint density at radius 3 is 2.22 bits per heavy atom. The summed E-state index contributed by atoms with van der Waals surface area (Å²) in [7, 11) is -3.88. The summed E-state index contributed by atoms with van der Waals surface area (Å²) in [6.45, 7) is 2.75. The Hall–Kier alpha value is -2.80. The molecule has 0 aliphatic carbocycles. The smallest absolute Gasteiger partial charge is 0.244 e. The highest BCUT2D eigenvalue weighted by atomic mass is 32.2. The van der Waals surface area contributed by atoms with E-state index in [2.05, 4.69) is 0 Å². The van der Waals surface area contributed by atoms with Gasteiger partial charge >= 0.3 is 0 Å². The highest BCUT2D eigenvalue weighted by Gasteiger charge is 2.47. The minimum atomic E-state index is -3.88. The van der Waals surface area contributed by atoms with Crippen molar-refractivity contribution in [1.29, 1.82) is 0 Å². The standard InChI is InChI=1S/C20H18FNO4S/c1-14(23)22-18(15-6-4-3-5-7-15)12-20(2,19(22)24)13-27(25,26)17-10-8-16(21)9-11-17/h3-12H,13H2,1-2H3. The first-order chi connectivity index (χ1) is 12.6. The third kappa shape index (κ3) is 3.55. The fraction of sp³-hybridized carbons (Fsp3) is 0.200. The molecule has 1 atom stereocenters. The molecule has 7 heteroatoms. The number of benzene rings is 2. The molecule has 1 unspecified atom stereocenters. The van der Waals surface area contributed by atoms with Crippen molar-refractivity contribution in [2.24, 2.45) is 5.41 Å². The molecule has 0 saturated carbocycles. The Balaban J connectivity index is 2.03. The lowest BCUT2D eigenvalue weighted by molar-refractivity contribution is -0.142. The molecule has 1 aliphatic heterocycles. The van der Waals surface area contributed by atoms with Crippen molar-refractivity contribution in [3.05, 3.63) is 72.1 Å². The second kappa shape index (κ2) is 6.74. The molecule has 0 bridgehead atoms. The van der Waals surface area contributed by atoms with E-state index >= 15 is 0 Å². The number of hydrogen-bond acceptors (Lipinski definition) is 4. The van der Waals surface area contributed by atoms with E-state index in [9.17, 15) is 22.4 Å². The summed E-state index contributed by atoms with van der Waals surface area (Å²) in [4.78, 5) is 26.0. The van der Waals surface area contributed by atoms with Crippen LogP contribution in [0.2, 0.25) is 0 Å². The minimum absolute atomic E-state index is 0.0751. The molecule has 0 fully saturated rings. The molecule has 0 N–H and O–H groups in total. The topological polar surface area (TPSA) is 71.5 Å². The van der Waals surface area contributed by atoms with Gasteiger partial charge < -0.3 is 0 Å². The van der Waals surface area contributed by atoms with Crippen LogP contribution in [0.3, 0.4) is 0 Å². The molecule has 5 nitrogen and oxygen atoms in total. The van der Waals surface area contributed by atoms with Crippen LogP contribution >= 0.6 is 0 Å². The summed E-state index contributed by atoms with van der Waals surface area (Å²) >= 11 is 0. The van der Waals surface area contributed by atoms with Gasteiger partial charge in [-0.15, -0.1) is 0 Å². The highest BCUT2D eigenvalue weighted by Crippen LogP contribution is 2.39. The molecule has 0 aromatic heterocycles. The zero-order valence-corrected chi connectivity index (χ0v) is 15.7. The zero-order valence-electron chi connectivity index (χ0n) is 14.8. The number of amides is 2. The molecule has 0 radical (unpaired) electrons. The molecule has 1 aliphatic rings. The van der Waals surface area contributed by atoms with Gasteiger partial charge in [0, 0.05) is 6.92 Å². The quantitative estimate of drug-likeness (QED) is 0.756. The van der Waals surface area contributed by atoms with E-state index in [1.54, 1.807) is 30.3 Å². The maximum Gasteiger partial charge on any atom is 0.244 e. The molecule has 2 amide bonds. The molecule has 1 heterocycles. The largest absolute Gasteiger partial charge is 0.274 e.